The van der Waals surface area contributed by atoms with E-state index in [0.717, 1.165) is 12.8 Å². The molecular formula is C12H18BrNO2. The smallest absolute Gasteiger partial charge is 0.228 e. The van der Waals surface area contributed by atoms with E-state index in [1.165, 1.54) is 0 Å². The van der Waals surface area contributed by atoms with Gasteiger partial charge in [0.2, 0.25) is 5.91 Å². The summed E-state index contributed by atoms with van der Waals surface area (Å²) >= 11 is 3.46. The fraction of sp³-hybridized carbons (Fsp3) is 0.833. The van der Waals surface area contributed by atoms with Gasteiger partial charge in [-0.05, 0) is 18.3 Å². The second-order valence-corrected chi connectivity index (χ2v) is 6.65. The highest BCUT2D eigenvalue weighted by Gasteiger charge is 2.76. The van der Waals surface area contributed by atoms with Crippen molar-refractivity contribution in [3.8, 4) is 0 Å². The van der Waals surface area contributed by atoms with E-state index < -0.39 is 5.41 Å². The van der Waals surface area contributed by atoms with Crippen molar-refractivity contribution >= 4 is 27.6 Å². The first-order valence-electron chi connectivity index (χ1n) is 5.66. The summed E-state index contributed by atoms with van der Waals surface area (Å²) in [4.78, 5) is 24.2. The molecule has 0 aromatic carbocycles. The fourth-order valence-electron chi connectivity index (χ4n) is 3.68. The average molecular weight is 288 g/mol. The molecule has 2 fully saturated rings. The van der Waals surface area contributed by atoms with Crippen molar-refractivity contribution in [2.45, 2.75) is 38.4 Å². The van der Waals surface area contributed by atoms with Crippen molar-refractivity contribution in [2.24, 2.45) is 16.2 Å². The highest BCUT2D eigenvalue weighted by atomic mass is 79.9. The third-order valence-corrected chi connectivity index (χ3v) is 6.55. The molecule has 2 saturated carbocycles. The van der Waals surface area contributed by atoms with Crippen LogP contribution in [0.1, 0.15) is 33.6 Å². The molecule has 3 nitrogen and oxygen atoms in total. The Bertz CT molecular complexity index is 379. The van der Waals surface area contributed by atoms with Crippen LogP contribution in [0.5, 0.6) is 0 Å². The normalized spacial score (nSPS) is 44.8. The summed E-state index contributed by atoms with van der Waals surface area (Å²) in [6.07, 6.45) is 1.60. The van der Waals surface area contributed by atoms with Gasteiger partial charge in [0.1, 0.15) is 0 Å². The third kappa shape index (κ3) is 0.918. The zero-order chi connectivity index (χ0) is 12.4. The molecule has 0 radical (unpaired) electrons. The monoisotopic (exact) mass is 287 g/mol. The lowest BCUT2D eigenvalue weighted by atomic mass is 9.64. The summed E-state index contributed by atoms with van der Waals surface area (Å²) in [5, 5.41) is 2.73. The summed E-state index contributed by atoms with van der Waals surface area (Å²) in [6.45, 7) is 6.10. The minimum atomic E-state index is -0.576. The quantitative estimate of drug-likeness (QED) is 0.749. The van der Waals surface area contributed by atoms with Gasteiger partial charge in [0, 0.05) is 12.5 Å². The van der Waals surface area contributed by atoms with Gasteiger partial charge in [-0.1, -0.05) is 36.7 Å². The molecule has 0 aromatic heterocycles. The molecular weight excluding hydrogens is 270 g/mol. The number of nitrogens with one attached hydrogen (secondary N) is 1. The molecule has 2 rings (SSSR count). The summed E-state index contributed by atoms with van der Waals surface area (Å²) in [7, 11) is 1.64. The van der Waals surface area contributed by atoms with Crippen LogP contribution in [0.2, 0.25) is 0 Å². The lowest BCUT2D eigenvalue weighted by molar-refractivity contribution is -0.135. The second kappa shape index (κ2) is 3.09. The van der Waals surface area contributed by atoms with E-state index >= 15 is 0 Å². The molecule has 90 valence electrons. The van der Waals surface area contributed by atoms with E-state index in [-0.39, 0.29) is 27.3 Å². The van der Waals surface area contributed by atoms with Crippen LogP contribution < -0.4 is 5.32 Å². The van der Waals surface area contributed by atoms with Gasteiger partial charge in [-0.15, -0.1) is 0 Å². The number of amides is 1. The molecule has 0 aliphatic heterocycles. The van der Waals surface area contributed by atoms with Crippen molar-refractivity contribution in [3.05, 3.63) is 0 Å². The largest absolute Gasteiger partial charge is 0.359 e. The van der Waals surface area contributed by atoms with Gasteiger partial charge in [0.05, 0.1) is 10.2 Å². The lowest BCUT2D eigenvalue weighted by Gasteiger charge is -2.39. The van der Waals surface area contributed by atoms with Crippen molar-refractivity contribution in [3.63, 3.8) is 0 Å². The van der Waals surface area contributed by atoms with E-state index in [1.807, 2.05) is 6.92 Å². The Hall–Kier alpha value is -0.380. The Morgan fingerprint density at radius 1 is 1.38 bits per heavy atom. The number of fused-ring (bicyclic) bond motifs is 2. The summed E-state index contributed by atoms with van der Waals surface area (Å²) in [5.74, 6) is 0.182. The number of halogens is 1. The first kappa shape index (κ1) is 12.1. The molecule has 2 aliphatic carbocycles. The van der Waals surface area contributed by atoms with Gasteiger partial charge in [-0.2, -0.15) is 0 Å². The number of hydrogen-bond acceptors (Lipinski definition) is 2. The van der Waals surface area contributed by atoms with Gasteiger partial charge in [-0.3, -0.25) is 9.59 Å². The summed E-state index contributed by atoms with van der Waals surface area (Å²) in [5.41, 5.74) is -1.23. The zero-order valence-electron chi connectivity index (χ0n) is 10.2. The average Bonchev–Trinajstić information content (AvgIpc) is 2.51. The van der Waals surface area contributed by atoms with E-state index in [2.05, 4.69) is 35.1 Å². The minimum absolute atomic E-state index is 0.00560. The predicted octanol–water partition coefficient (Wildman–Crippen LogP) is 1.89. The second-order valence-electron chi connectivity index (χ2n) is 5.73. The van der Waals surface area contributed by atoms with Gasteiger partial charge >= 0.3 is 0 Å². The highest BCUT2D eigenvalue weighted by Crippen LogP contribution is 2.72. The van der Waals surface area contributed by atoms with Gasteiger partial charge in [-0.25, -0.2) is 0 Å². The molecule has 16 heavy (non-hydrogen) atoms. The maximum Gasteiger partial charge on any atom is 0.228 e. The standard InChI is InChI=1S/C12H18BrNO2/c1-10(2)11(3)5-6-12(10,9(16)14-4)7(13)8(11)15/h7H,5-6H2,1-4H3,(H,14,16)/t7-,11-,12-/m1/s1. The molecule has 2 bridgehead atoms. The third-order valence-electron chi connectivity index (χ3n) is 5.35. The number of alkyl halides is 1. The molecule has 4 heteroatoms. The van der Waals surface area contributed by atoms with Gasteiger partial charge < -0.3 is 5.32 Å². The molecule has 1 amide bonds. The predicted molar refractivity (Wildman–Crippen MR) is 65.3 cm³/mol. The van der Waals surface area contributed by atoms with Crippen molar-refractivity contribution < 1.29 is 9.59 Å². The number of rotatable bonds is 1. The van der Waals surface area contributed by atoms with Gasteiger partial charge in [0.25, 0.3) is 0 Å². The van der Waals surface area contributed by atoms with Crippen molar-refractivity contribution in [1.82, 2.24) is 5.32 Å². The highest BCUT2D eigenvalue weighted by molar-refractivity contribution is 9.10. The maximum absolute atomic E-state index is 12.3. The first-order valence-corrected chi connectivity index (χ1v) is 6.58. The van der Waals surface area contributed by atoms with E-state index in [1.54, 1.807) is 7.05 Å². The Kier molecular flexibility index (Phi) is 2.34. The van der Waals surface area contributed by atoms with E-state index in [0.29, 0.717) is 0 Å². The Balaban J connectivity index is 2.63. The SMILES string of the molecule is CNC(=O)[C@@]12CC[C@](C)(C(=O)[C@H]1Br)C2(C)C. The number of Topliss-reactive ketones (excluding diaryl/α,β-unsaturated/α-hetero) is 1. The molecule has 0 heterocycles. The van der Waals surface area contributed by atoms with Crippen molar-refractivity contribution in [2.75, 3.05) is 7.05 Å². The fourth-order valence-corrected chi connectivity index (χ4v) is 5.19. The van der Waals surface area contributed by atoms with Crippen molar-refractivity contribution in [1.29, 1.82) is 0 Å². The van der Waals surface area contributed by atoms with Crippen LogP contribution in [0.15, 0.2) is 0 Å². The maximum atomic E-state index is 12.3. The molecule has 0 spiro atoms. The Morgan fingerprint density at radius 2 is 1.94 bits per heavy atom. The van der Waals surface area contributed by atoms with Crippen LogP contribution in [0.4, 0.5) is 0 Å². The first-order chi connectivity index (χ1) is 7.25. The molecule has 0 unspecified atom stereocenters. The topological polar surface area (TPSA) is 46.2 Å². The molecule has 1 N–H and O–H groups in total. The minimum Gasteiger partial charge on any atom is -0.359 e. The molecule has 3 atom stereocenters. The molecule has 0 aromatic rings. The van der Waals surface area contributed by atoms with Crippen LogP contribution in [-0.4, -0.2) is 23.6 Å². The molecule has 0 saturated heterocycles. The number of carbonyl (C=O) groups is 2. The van der Waals surface area contributed by atoms with Crippen LogP contribution in [0.3, 0.4) is 0 Å². The number of ketones is 1. The summed E-state index contributed by atoms with van der Waals surface area (Å²) < 4.78 is 0. The number of carbonyl (C=O) groups excluding carboxylic acids is 2. The van der Waals surface area contributed by atoms with Crippen LogP contribution in [-0.2, 0) is 9.59 Å². The number of hydrogen-bond donors (Lipinski definition) is 1. The van der Waals surface area contributed by atoms with Crippen LogP contribution >= 0.6 is 15.9 Å². The summed E-state index contributed by atoms with van der Waals surface area (Å²) in [6, 6.07) is 0. The van der Waals surface area contributed by atoms with Gasteiger partial charge in [0.15, 0.2) is 5.78 Å². The molecule has 2 aliphatic rings. The van der Waals surface area contributed by atoms with E-state index in [9.17, 15) is 9.59 Å². The van der Waals surface area contributed by atoms with Crippen LogP contribution in [0, 0.1) is 16.2 Å². The van der Waals surface area contributed by atoms with E-state index in [4.69, 9.17) is 0 Å². The Morgan fingerprint density at radius 3 is 2.31 bits per heavy atom. The lowest BCUT2D eigenvalue weighted by Crippen LogP contribution is -2.49. The Labute approximate surface area is 104 Å². The van der Waals surface area contributed by atoms with Crippen LogP contribution in [0.25, 0.3) is 0 Å². The zero-order valence-corrected chi connectivity index (χ0v) is 11.8.